The zero-order valence-corrected chi connectivity index (χ0v) is 12.9. The van der Waals surface area contributed by atoms with Gasteiger partial charge in [-0.2, -0.15) is 0 Å². The predicted molar refractivity (Wildman–Crippen MR) is 90.0 cm³/mol. The van der Waals surface area contributed by atoms with Crippen molar-refractivity contribution in [1.29, 1.82) is 0 Å². The molecule has 3 aromatic rings. The second kappa shape index (κ2) is 6.55. The molecule has 0 amide bonds. The van der Waals surface area contributed by atoms with Crippen LogP contribution in [-0.4, -0.2) is 14.5 Å². The molecule has 0 unspecified atom stereocenters. The van der Waals surface area contributed by atoms with Gasteiger partial charge in [0.1, 0.15) is 11.6 Å². The largest absolute Gasteiger partial charge is 0.277 e. The summed E-state index contributed by atoms with van der Waals surface area (Å²) in [5, 5.41) is 0. The van der Waals surface area contributed by atoms with Crippen LogP contribution < -0.4 is 0 Å². The Kier molecular flexibility index (Phi) is 4.76. The van der Waals surface area contributed by atoms with Crippen LogP contribution in [0.1, 0.15) is 19.7 Å². The van der Waals surface area contributed by atoms with Crippen molar-refractivity contribution in [2.24, 2.45) is 5.92 Å². The van der Waals surface area contributed by atoms with Crippen molar-refractivity contribution >= 4 is 29.5 Å². The van der Waals surface area contributed by atoms with Crippen LogP contribution in [0.2, 0.25) is 0 Å². The van der Waals surface area contributed by atoms with Gasteiger partial charge in [-0.3, -0.25) is 4.57 Å². The normalized spacial score (nSPS) is 11.2. The van der Waals surface area contributed by atoms with Crippen LogP contribution in [0.25, 0.3) is 22.9 Å². The standard InChI is InChI=1S/C17H17N3.ClH/c1-13(2)10-11-17-19-14-7-3-4-8-15(14)20(17)16-9-5-6-12-18-16;/h3-13H,1-2H3;1H. The van der Waals surface area contributed by atoms with Gasteiger partial charge >= 0.3 is 0 Å². The molecule has 0 radical (unpaired) electrons. The van der Waals surface area contributed by atoms with Crippen LogP contribution in [-0.2, 0) is 0 Å². The summed E-state index contributed by atoms with van der Waals surface area (Å²) in [7, 11) is 0. The van der Waals surface area contributed by atoms with E-state index in [0.29, 0.717) is 5.92 Å². The topological polar surface area (TPSA) is 30.7 Å². The van der Waals surface area contributed by atoms with Gasteiger partial charge in [0, 0.05) is 6.20 Å². The number of rotatable bonds is 3. The summed E-state index contributed by atoms with van der Waals surface area (Å²) in [5.41, 5.74) is 2.07. The molecule has 108 valence electrons. The van der Waals surface area contributed by atoms with E-state index in [1.165, 1.54) is 0 Å². The molecule has 0 saturated heterocycles. The maximum Gasteiger partial charge on any atom is 0.139 e. The van der Waals surface area contributed by atoms with Crippen molar-refractivity contribution in [2.75, 3.05) is 0 Å². The number of aromatic nitrogens is 3. The lowest BCUT2D eigenvalue weighted by Gasteiger charge is -2.05. The summed E-state index contributed by atoms with van der Waals surface area (Å²) >= 11 is 0. The summed E-state index contributed by atoms with van der Waals surface area (Å²) in [4.78, 5) is 9.15. The quantitative estimate of drug-likeness (QED) is 0.712. The molecule has 3 nitrogen and oxygen atoms in total. The molecule has 0 spiro atoms. The summed E-state index contributed by atoms with van der Waals surface area (Å²) in [6.45, 7) is 4.31. The Bertz CT molecular complexity index is 745. The number of halogens is 1. The third kappa shape index (κ3) is 3.14. The fraction of sp³-hybridized carbons (Fsp3) is 0.176. The molecule has 3 rings (SSSR count). The molecule has 0 aliphatic heterocycles. The van der Waals surface area contributed by atoms with Gasteiger partial charge < -0.3 is 0 Å². The lowest BCUT2D eigenvalue weighted by molar-refractivity contribution is 0.834. The molecule has 0 fully saturated rings. The molecule has 1 aromatic carbocycles. The zero-order chi connectivity index (χ0) is 13.9. The fourth-order valence-electron chi connectivity index (χ4n) is 2.16. The van der Waals surface area contributed by atoms with E-state index >= 15 is 0 Å². The van der Waals surface area contributed by atoms with Crippen molar-refractivity contribution in [3.8, 4) is 5.82 Å². The first-order chi connectivity index (χ1) is 9.75. The molecule has 21 heavy (non-hydrogen) atoms. The summed E-state index contributed by atoms with van der Waals surface area (Å²) in [6.07, 6.45) is 6.03. The fourth-order valence-corrected chi connectivity index (χ4v) is 2.16. The van der Waals surface area contributed by atoms with Crippen molar-refractivity contribution in [3.63, 3.8) is 0 Å². The van der Waals surface area contributed by atoms with E-state index in [2.05, 4.69) is 41.6 Å². The molecule has 0 aliphatic rings. The van der Waals surface area contributed by atoms with Crippen LogP contribution in [0.15, 0.2) is 54.7 Å². The highest BCUT2D eigenvalue weighted by Crippen LogP contribution is 2.21. The number of nitrogens with zero attached hydrogens (tertiary/aromatic N) is 3. The molecule has 0 N–H and O–H groups in total. The van der Waals surface area contributed by atoms with Crippen molar-refractivity contribution in [3.05, 3.63) is 60.6 Å². The number of imidazole rings is 1. The lowest BCUT2D eigenvalue weighted by atomic mass is 10.2. The summed E-state index contributed by atoms with van der Waals surface area (Å²) < 4.78 is 2.09. The minimum atomic E-state index is 0. The smallest absolute Gasteiger partial charge is 0.139 e. The van der Waals surface area contributed by atoms with Gasteiger partial charge in [0.25, 0.3) is 0 Å². The van der Waals surface area contributed by atoms with Crippen molar-refractivity contribution in [2.45, 2.75) is 13.8 Å². The van der Waals surface area contributed by atoms with Crippen LogP contribution in [0.4, 0.5) is 0 Å². The molecule has 0 atom stereocenters. The lowest BCUT2D eigenvalue weighted by Crippen LogP contribution is -1.99. The molecule has 0 bridgehead atoms. The molecule has 2 heterocycles. The van der Waals surface area contributed by atoms with Crippen LogP contribution in [0, 0.1) is 5.92 Å². The van der Waals surface area contributed by atoms with Crippen LogP contribution in [0.5, 0.6) is 0 Å². The second-order valence-electron chi connectivity index (χ2n) is 5.09. The minimum absolute atomic E-state index is 0. The highest BCUT2D eigenvalue weighted by Gasteiger charge is 2.10. The SMILES string of the molecule is CC(C)C=Cc1nc2ccccc2n1-c1ccccn1.Cl. The second-order valence-corrected chi connectivity index (χ2v) is 5.09. The maximum absolute atomic E-state index is 4.70. The predicted octanol–water partition coefficient (Wildman–Crippen LogP) is 4.51. The average molecular weight is 300 g/mol. The van der Waals surface area contributed by atoms with Gasteiger partial charge in [-0.25, -0.2) is 9.97 Å². The highest BCUT2D eigenvalue weighted by atomic mass is 35.5. The van der Waals surface area contributed by atoms with E-state index < -0.39 is 0 Å². The molecule has 4 heteroatoms. The van der Waals surface area contributed by atoms with Gasteiger partial charge in [-0.1, -0.05) is 38.1 Å². The van der Waals surface area contributed by atoms with Crippen molar-refractivity contribution < 1.29 is 0 Å². The first kappa shape index (κ1) is 15.3. The van der Waals surface area contributed by atoms with E-state index in [1.54, 1.807) is 6.20 Å². The molecular weight excluding hydrogens is 282 g/mol. The van der Waals surface area contributed by atoms with E-state index in [0.717, 1.165) is 22.7 Å². The monoisotopic (exact) mass is 299 g/mol. The van der Waals surface area contributed by atoms with Gasteiger partial charge in [0.15, 0.2) is 0 Å². The Morgan fingerprint density at radius 1 is 1.05 bits per heavy atom. The first-order valence-electron chi connectivity index (χ1n) is 6.83. The van der Waals surface area contributed by atoms with E-state index in [9.17, 15) is 0 Å². The molecule has 2 aromatic heterocycles. The van der Waals surface area contributed by atoms with Gasteiger partial charge in [0.2, 0.25) is 0 Å². The molecule has 0 saturated carbocycles. The van der Waals surface area contributed by atoms with Gasteiger partial charge in [0.05, 0.1) is 11.0 Å². The summed E-state index contributed by atoms with van der Waals surface area (Å²) in [5.74, 6) is 2.30. The Balaban J connectivity index is 0.00000161. The van der Waals surface area contributed by atoms with E-state index in [-0.39, 0.29) is 12.4 Å². The van der Waals surface area contributed by atoms with Gasteiger partial charge in [-0.15, -0.1) is 12.4 Å². The summed E-state index contributed by atoms with van der Waals surface area (Å²) in [6, 6.07) is 14.1. The Labute approximate surface area is 130 Å². The zero-order valence-electron chi connectivity index (χ0n) is 12.1. The maximum atomic E-state index is 4.70. The molecule has 0 aliphatic carbocycles. The van der Waals surface area contributed by atoms with Crippen LogP contribution >= 0.6 is 12.4 Å². The van der Waals surface area contributed by atoms with E-state index in [1.807, 2.05) is 36.4 Å². The first-order valence-corrected chi connectivity index (χ1v) is 6.83. The average Bonchev–Trinajstić information content (AvgIpc) is 2.84. The van der Waals surface area contributed by atoms with E-state index in [4.69, 9.17) is 4.98 Å². The number of para-hydroxylation sites is 2. The number of pyridine rings is 1. The highest BCUT2D eigenvalue weighted by molar-refractivity contribution is 5.85. The minimum Gasteiger partial charge on any atom is -0.277 e. The number of hydrogen-bond donors (Lipinski definition) is 0. The third-order valence-corrected chi connectivity index (χ3v) is 3.10. The number of fused-ring (bicyclic) bond motifs is 1. The number of allylic oxidation sites excluding steroid dienone is 1. The van der Waals surface area contributed by atoms with Gasteiger partial charge in [-0.05, 0) is 36.3 Å². The Morgan fingerprint density at radius 3 is 2.52 bits per heavy atom. The van der Waals surface area contributed by atoms with Crippen LogP contribution in [0.3, 0.4) is 0 Å². The Hall–Kier alpha value is -2.13. The Morgan fingerprint density at radius 2 is 1.81 bits per heavy atom. The number of hydrogen-bond acceptors (Lipinski definition) is 2. The molecular formula is C17H18ClN3. The third-order valence-electron chi connectivity index (χ3n) is 3.10. The number of benzene rings is 1. The van der Waals surface area contributed by atoms with Crippen molar-refractivity contribution in [1.82, 2.24) is 14.5 Å².